The predicted octanol–water partition coefficient (Wildman–Crippen LogP) is 4.07. The molecule has 130 valence electrons. The van der Waals surface area contributed by atoms with Crippen molar-refractivity contribution in [1.29, 1.82) is 0 Å². The Balaban J connectivity index is 2.53. The van der Waals surface area contributed by atoms with E-state index in [0.717, 1.165) is 29.5 Å². The van der Waals surface area contributed by atoms with Crippen molar-refractivity contribution in [3.05, 3.63) is 39.9 Å². The van der Waals surface area contributed by atoms with E-state index < -0.39 is 27.5 Å². The van der Waals surface area contributed by atoms with E-state index in [9.17, 15) is 17.6 Å². The molecular formula is C14H14ClFN2O4S2. The molecule has 0 saturated carbocycles. The summed E-state index contributed by atoms with van der Waals surface area (Å²) < 4.78 is 44.5. The van der Waals surface area contributed by atoms with Crippen molar-refractivity contribution in [3.63, 3.8) is 0 Å². The fourth-order valence-corrected chi connectivity index (χ4v) is 3.79. The zero-order chi connectivity index (χ0) is 18.1. The smallest absolute Gasteiger partial charge is 0.430 e. The molecule has 1 aromatic carbocycles. The lowest BCUT2D eigenvalue weighted by Crippen LogP contribution is -2.41. The van der Waals surface area contributed by atoms with Crippen LogP contribution in [0.1, 0.15) is 20.8 Å². The number of benzene rings is 1. The number of thiazole rings is 1. The van der Waals surface area contributed by atoms with Gasteiger partial charge in [-0.1, -0.05) is 11.6 Å². The van der Waals surface area contributed by atoms with Gasteiger partial charge in [0, 0.05) is 5.38 Å². The highest BCUT2D eigenvalue weighted by atomic mass is 35.5. The van der Waals surface area contributed by atoms with E-state index in [1.54, 1.807) is 20.8 Å². The van der Waals surface area contributed by atoms with Gasteiger partial charge in [-0.3, -0.25) is 0 Å². The minimum atomic E-state index is -4.38. The van der Waals surface area contributed by atoms with Crippen molar-refractivity contribution in [2.45, 2.75) is 31.3 Å². The highest BCUT2D eigenvalue weighted by Gasteiger charge is 2.36. The van der Waals surface area contributed by atoms with E-state index in [2.05, 4.69) is 4.98 Å². The van der Waals surface area contributed by atoms with Crippen LogP contribution >= 0.6 is 22.9 Å². The number of carbonyl (C=O) groups excluding carboxylic acids is 1. The monoisotopic (exact) mass is 392 g/mol. The summed E-state index contributed by atoms with van der Waals surface area (Å²) >= 11 is 6.76. The Kier molecular flexibility index (Phi) is 5.17. The van der Waals surface area contributed by atoms with Crippen molar-refractivity contribution in [3.8, 4) is 0 Å². The molecule has 0 unspecified atom stereocenters. The number of hydrogen-bond acceptors (Lipinski definition) is 6. The third kappa shape index (κ3) is 4.03. The number of carbonyl (C=O) groups is 1. The highest BCUT2D eigenvalue weighted by molar-refractivity contribution is 7.93. The lowest BCUT2D eigenvalue weighted by Gasteiger charge is -2.25. The average Bonchev–Trinajstić information content (AvgIpc) is 2.93. The highest BCUT2D eigenvalue weighted by Crippen LogP contribution is 2.28. The van der Waals surface area contributed by atoms with E-state index in [0.29, 0.717) is 4.31 Å². The maximum absolute atomic E-state index is 13.3. The molecule has 0 spiro atoms. The lowest BCUT2D eigenvalue weighted by molar-refractivity contribution is 0.0608. The first kappa shape index (κ1) is 18.6. The largest absolute Gasteiger partial charge is 0.443 e. The Bertz CT molecular complexity index is 848. The predicted molar refractivity (Wildman–Crippen MR) is 89.4 cm³/mol. The third-order valence-corrected chi connectivity index (χ3v) is 5.15. The summed E-state index contributed by atoms with van der Waals surface area (Å²) in [6, 6.07) is 2.85. The van der Waals surface area contributed by atoms with Gasteiger partial charge in [0.2, 0.25) is 0 Å². The molecule has 0 aliphatic carbocycles. The molecule has 0 radical (unpaired) electrons. The van der Waals surface area contributed by atoms with E-state index in [1.807, 2.05) is 0 Å². The topological polar surface area (TPSA) is 76.6 Å². The number of hydrogen-bond donors (Lipinski definition) is 0. The molecule has 2 rings (SSSR count). The van der Waals surface area contributed by atoms with Crippen LogP contribution in [0, 0.1) is 5.82 Å². The van der Waals surface area contributed by atoms with Gasteiger partial charge in [-0.05, 0) is 39.0 Å². The molecule has 0 N–H and O–H groups in total. The zero-order valence-electron chi connectivity index (χ0n) is 13.0. The number of anilines is 1. The van der Waals surface area contributed by atoms with Gasteiger partial charge in [-0.2, -0.15) is 0 Å². The van der Waals surface area contributed by atoms with E-state index >= 15 is 0 Å². The molecule has 10 heteroatoms. The molecular weight excluding hydrogens is 379 g/mol. The third-order valence-electron chi connectivity index (χ3n) is 2.62. The molecule has 0 atom stereocenters. The molecule has 0 saturated heterocycles. The van der Waals surface area contributed by atoms with Crippen molar-refractivity contribution in [1.82, 2.24) is 4.98 Å². The van der Waals surface area contributed by atoms with Gasteiger partial charge < -0.3 is 4.74 Å². The summed E-state index contributed by atoms with van der Waals surface area (Å²) in [6.07, 6.45) is -1.12. The van der Waals surface area contributed by atoms with Crippen molar-refractivity contribution < 1.29 is 22.3 Å². The Morgan fingerprint density at radius 2 is 2.04 bits per heavy atom. The summed E-state index contributed by atoms with van der Waals surface area (Å²) in [5.41, 5.74) is 0.460. The number of rotatable bonds is 3. The quantitative estimate of drug-likeness (QED) is 0.787. The maximum Gasteiger partial charge on any atom is 0.430 e. The number of aromatic nitrogens is 1. The standard InChI is InChI=1S/C14H14ClFN2O4S2/c1-14(2,3)22-13(19)18(12-7-23-8-17-12)24(20,21)9-4-5-11(16)10(15)6-9/h4-8H,1-3H3. The first-order valence-electron chi connectivity index (χ1n) is 6.64. The number of halogens is 2. The van der Waals surface area contributed by atoms with Gasteiger partial charge in [0.05, 0.1) is 15.4 Å². The summed E-state index contributed by atoms with van der Waals surface area (Å²) in [6.45, 7) is 4.81. The van der Waals surface area contributed by atoms with Gasteiger partial charge in [0.15, 0.2) is 5.82 Å². The van der Waals surface area contributed by atoms with E-state index in [4.69, 9.17) is 16.3 Å². The number of ether oxygens (including phenoxy) is 1. The fourth-order valence-electron chi connectivity index (χ4n) is 1.67. The molecule has 6 nitrogen and oxygen atoms in total. The molecule has 0 bridgehead atoms. The first-order chi connectivity index (χ1) is 11.0. The summed E-state index contributed by atoms with van der Waals surface area (Å²) in [7, 11) is -4.38. The van der Waals surface area contributed by atoms with Crippen LogP contribution in [0.5, 0.6) is 0 Å². The lowest BCUT2D eigenvalue weighted by atomic mass is 10.2. The van der Waals surface area contributed by atoms with Crippen LogP contribution in [0.2, 0.25) is 5.02 Å². The molecule has 2 aromatic rings. The number of sulfonamides is 1. The first-order valence-corrected chi connectivity index (χ1v) is 9.40. The fraction of sp³-hybridized carbons (Fsp3) is 0.286. The molecule has 0 aliphatic rings. The average molecular weight is 393 g/mol. The van der Waals surface area contributed by atoms with Crippen molar-refractivity contribution in [2.24, 2.45) is 0 Å². The van der Waals surface area contributed by atoms with Gasteiger partial charge >= 0.3 is 6.09 Å². The Morgan fingerprint density at radius 1 is 1.38 bits per heavy atom. The van der Waals surface area contributed by atoms with Crippen LogP contribution < -0.4 is 4.31 Å². The van der Waals surface area contributed by atoms with Crippen molar-refractivity contribution >= 4 is 44.9 Å². The number of nitrogens with zero attached hydrogens (tertiary/aromatic N) is 2. The summed E-state index contributed by atoms with van der Waals surface area (Å²) in [5, 5.41) is 1.01. The van der Waals surface area contributed by atoms with Gasteiger partial charge in [-0.15, -0.1) is 15.6 Å². The second-order valence-electron chi connectivity index (χ2n) is 5.67. The van der Waals surface area contributed by atoms with Crippen LogP contribution in [-0.4, -0.2) is 25.1 Å². The number of amides is 1. The van der Waals surface area contributed by atoms with E-state index in [-0.39, 0.29) is 15.7 Å². The molecule has 0 aliphatic heterocycles. The molecule has 0 fully saturated rings. The molecule has 1 heterocycles. The zero-order valence-corrected chi connectivity index (χ0v) is 15.4. The van der Waals surface area contributed by atoms with Crippen LogP contribution in [0.3, 0.4) is 0 Å². The Morgan fingerprint density at radius 3 is 2.54 bits per heavy atom. The Labute approximate surface area is 147 Å². The van der Waals surface area contributed by atoms with Gasteiger partial charge in [0.25, 0.3) is 10.0 Å². The summed E-state index contributed by atoms with van der Waals surface area (Å²) in [4.78, 5) is 15.9. The van der Waals surface area contributed by atoms with E-state index in [1.165, 1.54) is 10.9 Å². The molecule has 1 aromatic heterocycles. The van der Waals surface area contributed by atoms with Crippen LogP contribution in [0.15, 0.2) is 34.0 Å². The second kappa shape index (κ2) is 6.66. The van der Waals surface area contributed by atoms with Gasteiger partial charge in [0.1, 0.15) is 11.4 Å². The van der Waals surface area contributed by atoms with Gasteiger partial charge in [-0.25, -0.2) is 22.6 Å². The second-order valence-corrected chi connectivity index (χ2v) is 8.58. The summed E-state index contributed by atoms with van der Waals surface area (Å²) in [5.74, 6) is -0.886. The van der Waals surface area contributed by atoms with Crippen molar-refractivity contribution in [2.75, 3.05) is 4.31 Å². The Hall–Kier alpha value is -1.71. The molecule has 24 heavy (non-hydrogen) atoms. The SMILES string of the molecule is CC(C)(C)OC(=O)N(c1cscn1)S(=O)(=O)c1ccc(F)c(Cl)c1. The minimum Gasteiger partial charge on any atom is -0.443 e. The van der Waals surface area contributed by atoms with Crippen LogP contribution in [-0.2, 0) is 14.8 Å². The van der Waals surface area contributed by atoms with Crippen LogP contribution in [0.25, 0.3) is 0 Å². The minimum absolute atomic E-state index is 0.116. The molecule has 1 amide bonds. The normalized spacial score (nSPS) is 12.0. The van der Waals surface area contributed by atoms with Crippen LogP contribution in [0.4, 0.5) is 15.0 Å². The maximum atomic E-state index is 13.3.